The number of hydrogen-bond donors (Lipinski definition) is 1. The second-order valence-electron chi connectivity index (χ2n) is 5.47. The minimum Gasteiger partial charge on any atom is -0.277 e. The van der Waals surface area contributed by atoms with Crippen molar-refractivity contribution >= 4 is 27.1 Å². The second kappa shape index (κ2) is 7.27. The molecule has 1 N–H and O–H groups in total. The molecule has 0 bridgehead atoms. The van der Waals surface area contributed by atoms with Gasteiger partial charge in [-0.25, -0.2) is 8.42 Å². The molecule has 0 aliphatic heterocycles. The largest absolute Gasteiger partial charge is 0.277 e. The zero-order valence-corrected chi connectivity index (χ0v) is 14.4. The third-order valence-electron chi connectivity index (χ3n) is 3.51. The van der Waals surface area contributed by atoms with Crippen molar-refractivity contribution in [2.45, 2.75) is 11.8 Å². The summed E-state index contributed by atoms with van der Waals surface area (Å²) in [6.45, 7) is 1.91. The molecule has 0 aliphatic carbocycles. The molecule has 0 amide bonds. The van der Waals surface area contributed by atoms with Gasteiger partial charge in [-0.1, -0.05) is 48.0 Å². The Morgan fingerprint density at radius 3 is 2.12 bits per heavy atom. The summed E-state index contributed by atoms with van der Waals surface area (Å²) in [5.41, 5.74) is 2.51. The lowest BCUT2D eigenvalue weighted by molar-refractivity contribution is 0.601. The summed E-state index contributed by atoms with van der Waals surface area (Å²) in [4.78, 5) is 0.202. The van der Waals surface area contributed by atoms with Gasteiger partial charge in [0.15, 0.2) is 0 Å². The maximum Gasteiger partial charge on any atom is 0.261 e. The minimum absolute atomic E-state index is 0.202. The van der Waals surface area contributed by atoms with Crippen LogP contribution in [0.1, 0.15) is 5.56 Å². The van der Waals surface area contributed by atoms with Crippen LogP contribution in [-0.2, 0) is 10.0 Å². The van der Waals surface area contributed by atoms with Gasteiger partial charge in [-0.3, -0.25) is 4.72 Å². The Labute approximate surface area is 147 Å². The SMILES string of the molecule is Cc1ccc(S(=O)(=O)Nc2ccccc2/N=N/c2ccccc2)cc1. The average Bonchev–Trinajstić information content (AvgIpc) is 2.62. The average molecular weight is 351 g/mol. The predicted molar refractivity (Wildman–Crippen MR) is 99.0 cm³/mol. The zero-order chi connectivity index (χ0) is 17.7. The van der Waals surface area contributed by atoms with Gasteiger partial charge in [-0.15, -0.1) is 5.11 Å². The molecule has 0 spiro atoms. The zero-order valence-electron chi connectivity index (χ0n) is 13.6. The van der Waals surface area contributed by atoms with Gasteiger partial charge in [0.25, 0.3) is 10.0 Å². The Hall–Kier alpha value is -2.99. The molecule has 0 atom stereocenters. The van der Waals surface area contributed by atoms with Crippen molar-refractivity contribution in [3.05, 3.63) is 84.4 Å². The van der Waals surface area contributed by atoms with E-state index < -0.39 is 10.0 Å². The van der Waals surface area contributed by atoms with E-state index >= 15 is 0 Å². The number of nitrogens with one attached hydrogen (secondary N) is 1. The number of anilines is 1. The molecular formula is C19H17N3O2S. The van der Waals surface area contributed by atoms with Crippen LogP contribution in [-0.4, -0.2) is 8.42 Å². The van der Waals surface area contributed by atoms with Crippen molar-refractivity contribution in [1.82, 2.24) is 0 Å². The first-order valence-electron chi connectivity index (χ1n) is 7.70. The highest BCUT2D eigenvalue weighted by Crippen LogP contribution is 2.28. The lowest BCUT2D eigenvalue weighted by Gasteiger charge is -2.10. The van der Waals surface area contributed by atoms with E-state index in [0.29, 0.717) is 17.1 Å². The smallest absolute Gasteiger partial charge is 0.261 e. The van der Waals surface area contributed by atoms with E-state index in [1.165, 1.54) is 0 Å². The second-order valence-corrected chi connectivity index (χ2v) is 7.15. The van der Waals surface area contributed by atoms with E-state index in [1.54, 1.807) is 48.5 Å². The first-order chi connectivity index (χ1) is 12.0. The van der Waals surface area contributed by atoms with Gasteiger partial charge in [0.05, 0.1) is 16.3 Å². The molecule has 3 aromatic carbocycles. The van der Waals surface area contributed by atoms with Crippen molar-refractivity contribution in [2.24, 2.45) is 10.2 Å². The number of para-hydroxylation sites is 1. The Bertz CT molecular complexity index is 983. The summed E-state index contributed by atoms with van der Waals surface area (Å²) in [7, 11) is -3.69. The van der Waals surface area contributed by atoms with E-state index in [2.05, 4.69) is 15.0 Å². The Morgan fingerprint density at radius 2 is 1.40 bits per heavy atom. The molecule has 0 saturated carbocycles. The molecule has 3 aromatic rings. The normalized spacial score (nSPS) is 11.6. The van der Waals surface area contributed by atoms with Gasteiger partial charge in [0.1, 0.15) is 5.69 Å². The molecular weight excluding hydrogens is 334 g/mol. The number of rotatable bonds is 5. The molecule has 0 aliphatic rings. The van der Waals surface area contributed by atoms with E-state index in [0.717, 1.165) is 5.56 Å². The Morgan fingerprint density at radius 1 is 0.760 bits per heavy atom. The summed E-state index contributed by atoms with van der Waals surface area (Å²) in [6.07, 6.45) is 0. The van der Waals surface area contributed by atoms with Gasteiger partial charge in [-0.2, -0.15) is 5.11 Å². The van der Waals surface area contributed by atoms with Crippen LogP contribution in [0.2, 0.25) is 0 Å². The highest BCUT2D eigenvalue weighted by Gasteiger charge is 2.15. The van der Waals surface area contributed by atoms with Gasteiger partial charge in [-0.05, 0) is 43.3 Å². The monoisotopic (exact) mass is 351 g/mol. The highest BCUT2D eigenvalue weighted by atomic mass is 32.2. The van der Waals surface area contributed by atoms with Crippen molar-refractivity contribution < 1.29 is 8.42 Å². The van der Waals surface area contributed by atoms with Gasteiger partial charge < -0.3 is 0 Å². The molecule has 0 saturated heterocycles. The van der Waals surface area contributed by atoms with E-state index in [4.69, 9.17) is 0 Å². The van der Waals surface area contributed by atoms with E-state index in [9.17, 15) is 8.42 Å². The fourth-order valence-corrected chi connectivity index (χ4v) is 3.25. The lowest BCUT2D eigenvalue weighted by Crippen LogP contribution is -2.12. The molecule has 3 rings (SSSR count). The van der Waals surface area contributed by atoms with Crippen LogP contribution >= 0.6 is 0 Å². The van der Waals surface area contributed by atoms with Crippen LogP contribution in [0.4, 0.5) is 17.1 Å². The Kier molecular flexibility index (Phi) is 4.90. The summed E-state index contributed by atoms with van der Waals surface area (Å²) >= 11 is 0. The molecule has 5 nitrogen and oxygen atoms in total. The summed E-state index contributed by atoms with van der Waals surface area (Å²) in [6, 6.07) is 22.8. The number of azo groups is 1. The molecule has 0 aromatic heterocycles. The van der Waals surface area contributed by atoms with Crippen LogP contribution < -0.4 is 4.72 Å². The first kappa shape index (κ1) is 16.9. The third kappa shape index (κ3) is 4.30. The van der Waals surface area contributed by atoms with Crippen molar-refractivity contribution in [1.29, 1.82) is 0 Å². The molecule has 0 unspecified atom stereocenters. The number of hydrogen-bond acceptors (Lipinski definition) is 4. The number of aryl methyl sites for hydroxylation is 1. The van der Waals surface area contributed by atoms with E-state index in [-0.39, 0.29) is 4.90 Å². The summed E-state index contributed by atoms with van der Waals surface area (Å²) in [5, 5.41) is 8.31. The summed E-state index contributed by atoms with van der Waals surface area (Å²) in [5.74, 6) is 0. The topological polar surface area (TPSA) is 70.9 Å². The maximum absolute atomic E-state index is 12.6. The van der Waals surface area contributed by atoms with E-state index in [1.807, 2.05) is 37.3 Å². The van der Waals surface area contributed by atoms with Crippen LogP contribution in [0.15, 0.2) is 94.0 Å². The third-order valence-corrected chi connectivity index (χ3v) is 4.89. The number of sulfonamides is 1. The van der Waals surface area contributed by atoms with Crippen LogP contribution in [0.3, 0.4) is 0 Å². The van der Waals surface area contributed by atoms with Gasteiger partial charge in [0, 0.05) is 0 Å². The fourth-order valence-electron chi connectivity index (χ4n) is 2.17. The molecule has 0 radical (unpaired) electrons. The highest BCUT2D eigenvalue weighted by molar-refractivity contribution is 7.92. The molecule has 25 heavy (non-hydrogen) atoms. The predicted octanol–water partition coefficient (Wildman–Crippen LogP) is 5.21. The van der Waals surface area contributed by atoms with Gasteiger partial charge in [0.2, 0.25) is 0 Å². The van der Waals surface area contributed by atoms with Crippen molar-refractivity contribution in [3.8, 4) is 0 Å². The van der Waals surface area contributed by atoms with Crippen LogP contribution in [0.5, 0.6) is 0 Å². The number of nitrogens with zero attached hydrogens (tertiary/aromatic N) is 2. The quantitative estimate of drug-likeness (QED) is 0.641. The summed E-state index contributed by atoms with van der Waals surface area (Å²) < 4.78 is 27.7. The molecule has 6 heteroatoms. The first-order valence-corrected chi connectivity index (χ1v) is 9.18. The van der Waals surface area contributed by atoms with Gasteiger partial charge >= 0.3 is 0 Å². The fraction of sp³-hybridized carbons (Fsp3) is 0.0526. The Balaban J connectivity index is 1.88. The van der Waals surface area contributed by atoms with Crippen molar-refractivity contribution in [2.75, 3.05) is 4.72 Å². The van der Waals surface area contributed by atoms with Crippen molar-refractivity contribution in [3.63, 3.8) is 0 Å². The lowest BCUT2D eigenvalue weighted by atomic mass is 10.2. The van der Waals surface area contributed by atoms with Crippen LogP contribution in [0.25, 0.3) is 0 Å². The number of benzene rings is 3. The maximum atomic E-state index is 12.6. The standard InChI is InChI=1S/C19H17N3O2S/c1-15-11-13-17(14-12-15)25(23,24)22-19-10-6-5-9-18(19)21-20-16-7-3-2-4-8-16/h2-14,22H,1H3/b21-20+. The minimum atomic E-state index is -3.69. The van der Waals surface area contributed by atoms with Crippen LogP contribution in [0, 0.1) is 6.92 Å². The molecule has 126 valence electrons. The molecule has 0 heterocycles. The molecule has 0 fully saturated rings.